The van der Waals surface area contributed by atoms with E-state index in [1.807, 2.05) is 0 Å². The van der Waals surface area contributed by atoms with Crippen LogP contribution in [0.25, 0.3) is 0 Å². The van der Waals surface area contributed by atoms with Crippen molar-refractivity contribution in [1.82, 2.24) is 0 Å². The van der Waals surface area contributed by atoms with Crippen molar-refractivity contribution in [1.29, 1.82) is 0 Å². The molecule has 3 heteroatoms. The Bertz CT molecular complexity index is 543. The van der Waals surface area contributed by atoms with Crippen LogP contribution in [-0.2, 0) is 11.2 Å². The van der Waals surface area contributed by atoms with Crippen LogP contribution in [0.15, 0.2) is 24.3 Å². The fraction of sp³-hybridized carbons (Fsp3) is 0.682. The largest absolute Gasteiger partial charge is 0.480 e. The first kappa shape index (κ1) is 20.0. The summed E-state index contributed by atoms with van der Waals surface area (Å²) in [5, 5.41) is 9.30. The summed E-state index contributed by atoms with van der Waals surface area (Å²) in [4.78, 5) is 11.3. The number of hydrogen-bond acceptors (Lipinski definition) is 2. The van der Waals surface area contributed by atoms with Crippen molar-refractivity contribution < 1.29 is 9.90 Å². The third-order valence-electron chi connectivity index (χ3n) is 5.72. The second-order valence-corrected chi connectivity index (χ2v) is 7.87. The summed E-state index contributed by atoms with van der Waals surface area (Å²) in [5.74, 6) is -0.565. The zero-order valence-electron chi connectivity index (χ0n) is 15.8. The fourth-order valence-electron chi connectivity index (χ4n) is 4.02. The molecule has 1 aliphatic carbocycles. The first-order valence-electron chi connectivity index (χ1n) is 10.2. The maximum Gasteiger partial charge on any atom is 0.323 e. The molecule has 1 aromatic carbocycles. The molecular weight excluding hydrogens is 310 g/mol. The van der Waals surface area contributed by atoms with Crippen molar-refractivity contribution in [2.75, 3.05) is 0 Å². The van der Waals surface area contributed by atoms with Gasteiger partial charge in [-0.05, 0) is 49.1 Å². The molecule has 2 rings (SSSR count). The molecule has 1 aromatic rings. The van der Waals surface area contributed by atoms with Gasteiger partial charge in [-0.3, -0.25) is 4.79 Å². The zero-order chi connectivity index (χ0) is 18.1. The Labute approximate surface area is 153 Å². The standard InChI is InChI=1S/C22H35NO2/c1-2-3-4-5-6-7-8-9-11-18-12-10-13-19(16-18)20-14-15-22(23,17-20)21(24)25/h10,12-13,16,20H,2-9,11,14-15,17,23H2,1H3,(H,24,25)/t20-,22?/m0/s1. The summed E-state index contributed by atoms with van der Waals surface area (Å²) in [6.07, 6.45) is 13.9. The Hall–Kier alpha value is -1.35. The molecule has 3 N–H and O–H groups in total. The van der Waals surface area contributed by atoms with Crippen molar-refractivity contribution in [3.63, 3.8) is 0 Å². The highest BCUT2D eigenvalue weighted by molar-refractivity contribution is 5.79. The predicted molar refractivity (Wildman–Crippen MR) is 104 cm³/mol. The van der Waals surface area contributed by atoms with Gasteiger partial charge >= 0.3 is 5.97 Å². The smallest absolute Gasteiger partial charge is 0.323 e. The molecule has 0 heterocycles. The number of nitrogens with two attached hydrogens (primary N) is 1. The van der Waals surface area contributed by atoms with E-state index in [0.717, 1.165) is 12.8 Å². The number of benzene rings is 1. The zero-order valence-corrected chi connectivity index (χ0v) is 15.8. The van der Waals surface area contributed by atoms with Gasteiger partial charge < -0.3 is 10.8 Å². The molecule has 1 aliphatic rings. The van der Waals surface area contributed by atoms with E-state index in [4.69, 9.17) is 5.73 Å². The van der Waals surface area contributed by atoms with Crippen LogP contribution in [0.4, 0.5) is 0 Å². The van der Waals surface area contributed by atoms with Crippen molar-refractivity contribution in [2.24, 2.45) is 5.73 Å². The maximum atomic E-state index is 11.3. The molecule has 0 spiro atoms. The van der Waals surface area contributed by atoms with Crippen molar-refractivity contribution >= 4 is 5.97 Å². The molecule has 0 bridgehead atoms. The van der Waals surface area contributed by atoms with Crippen molar-refractivity contribution in [3.05, 3.63) is 35.4 Å². The van der Waals surface area contributed by atoms with Crippen molar-refractivity contribution in [2.45, 2.75) is 95.4 Å². The highest BCUT2D eigenvalue weighted by Crippen LogP contribution is 2.40. The number of hydrogen-bond donors (Lipinski definition) is 2. The normalized spacial score (nSPS) is 23.0. The number of carboxylic acid groups (broad SMARTS) is 1. The lowest BCUT2D eigenvalue weighted by Crippen LogP contribution is -2.45. The Morgan fingerprint density at radius 2 is 1.84 bits per heavy atom. The summed E-state index contributed by atoms with van der Waals surface area (Å²) < 4.78 is 0. The average Bonchev–Trinajstić information content (AvgIpc) is 3.01. The highest BCUT2D eigenvalue weighted by atomic mass is 16.4. The van der Waals surface area contributed by atoms with E-state index in [2.05, 4.69) is 31.2 Å². The lowest BCUT2D eigenvalue weighted by atomic mass is 9.91. The number of rotatable bonds is 11. The van der Waals surface area contributed by atoms with E-state index in [0.29, 0.717) is 18.8 Å². The van der Waals surface area contributed by atoms with E-state index in [1.165, 1.54) is 62.5 Å². The lowest BCUT2D eigenvalue weighted by molar-refractivity contribution is -0.143. The number of carboxylic acids is 1. The van der Waals surface area contributed by atoms with E-state index in [-0.39, 0.29) is 0 Å². The number of unbranched alkanes of at least 4 members (excludes halogenated alkanes) is 7. The van der Waals surface area contributed by atoms with E-state index in [1.54, 1.807) is 0 Å². The van der Waals surface area contributed by atoms with Crippen LogP contribution in [0.3, 0.4) is 0 Å². The Kier molecular flexibility index (Phi) is 7.95. The van der Waals surface area contributed by atoms with Crippen LogP contribution in [-0.4, -0.2) is 16.6 Å². The summed E-state index contributed by atoms with van der Waals surface area (Å²) in [6.45, 7) is 2.26. The minimum absolute atomic E-state index is 0.291. The quantitative estimate of drug-likeness (QED) is 0.526. The maximum absolute atomic E-state index is 11.3. The molecule has 0 amide bonds. The van der Waals surface area contributed by atoms with Gasteiger partial charge in [0, 0.05) is 0 Å². The summed E-state index contributed by atoms with van der Waals surface area (Å²) in [6, 6.07) is 8.73. The van der Waals surface area contributed by atoms with Crippen LogP contribution in [0.5, 0.6) is 0 Å². The molecule has 25 heavy (non-hydrogen) atoms. The number of carbonyl (C=O) groups is 1. The minimum Gasteiger partial charge on any atom is -0.480 e. The van der Waals surface area contributed by atoms with E-state index in [9.17, 15) is 9.90 Å². The van der Waals surface area contributed by atoms with Gasteiger partial charge in [-0.15, -0.1) is 0 Å². The van der Waals surface area contributed by atoms with Crippen molar-refractivity contribution in [3.8, 4) is 0 Å². The molecule has 1 saturated carbocycles. The second kappa shape index (κ2) is 9.96. The molecule has 0 radical (unpaired) electrons. The van der Waals surface area contributed by atoms with Crippen LogP contribution in [0.1, 0.15) is 94.6 Å². The van der Waals surface area contributed by atoms with Gasteiger partial charge in [-0.1, -0.05) is 76.1 Å². The number of aliphatic carboxylic acids is 1. The summed E-state index contributed by atoms with van der Waals surface area (Å²) >= 11 is 0. The Balaban J connectivity index is 1.73. The van der Waals surface area contributed by atoms with Crippen LogP contribution >= 0.6 is 0 Å². The summed E-state index contributed by atoms with van der Waals surface area (Å²) in [7, 11) is 0. The molecule has 0 aliphatic heterocycles. The van der Waals surface area contributed by atoms with Crippen LogP contribution < -0.4 is 5.73 Å². The van der Waals surface area contributed by atoms with Crippen LogP contribution in [0.2, 0.25) is 0 Å². The Morgan fingerprint density at radius 3 is 2.48 bits per heavy atom. The summed E-state index contributed by atoms with van der Waals surface area (Å²) in [5.41, 5.74) is 7.65. The van der Waals surface area contributed by atoms with Gasteiger partial charge in [0.05, 0.1) is 0 Å². The van der Waals surface area contributed by atoms with Crippen LogP contribution in [0, 0.1) is 0 Å². The first-order valence-corrected chi connectivity index (χ1v) is 10.2. The molecule has 1 fully saturated rings. The third kappa shape index (κ3) is 6.14. The molecule has 1 unspecified atom stereocenters. The fourth-order valence-corrected chi connectivity index (χ4v) is 4.02. The predicted octanol–water partition coefficient (Wildman–Crippen LogP) is 5.42. The average molecular weight is 346 g/mol. The molecular formula is C22H35NO2. The Morgan fingerprint density at radius 1 is 1.16 bits per heavy atom. The first-order chi connectivity index (χ1) is 12.0. The molecule has 0 aromatic heterocycles. The number of aryl methyl sites for hydroxylation is 1. The monoisotopic (exact) mass is 345 g/mol. The topological polar surface area (TPSA) is 63.3 Å². The van der Waals surface area contributed by atoms with Gasteiger partial charge in [0.2, 0.25) is 0 Å². The molecule has 0 saturated heterocycles. The molecule has 3 nitrogen and oxygen atoms in total. The third-order valence-corrected chi connectivity index (χ3v) is 5.72. The lowest BCUT2D eigenvalue weighted by Gasteiger charge is -2.18. The molecule has 140 valence electrons. The van der Waals surface area contributed by atoms with Gasteiger partial charge in [0.15, 0.2) is 0 Å². The van der Waals surface area contributed by atoms with Gasteiger partial charge in [0.25, 0.3) is 0 Å². The van der Waals surface area contributed by atoms with E-state index < -0.39 is 11.5 Å². The van der Waals surface area contributed by atoms with Gasteiger partial charge in [-0.2, -0.15) is 0 Å². The van der Waals surface area contributed by atoms with Gasteiger partial charge in [-0.25, -0.2) is 0 Å². The SMILES string of the molecule is CCCCCCCCCCc1cccc([C@H]2CCC(N)(C(=O)O)C2)c1. The van der Waals surface area contributed by atoms with E-state index >= 15 is 0 Å². The minimum atomic E-state index is -1.03. The molecule has 2 atom stereocenters. The highest BCUT2D eigenvalue weighted by Gasteiger charge is 2.42. The second-order valence-electron chi connectivity index (χ2n) is 7.87. The van der Waals surface area contributed by atoms with Gasteiger partial charge in [0.1, 0.15) is 5.54 Å².